The Bertz CT molecular complexity index is 257. The van der Waals surface area contributed by atoms with Crippen LogP contribution in [-0.2, 0) is 0 Å². The second-order valence-electron chi connectivity index (χ2n) is 4.30. The highest BCUT2D eigenvalue weighted by atomic mass is 15.0. The summed E-state index contributed by atoms with van der Waals surface area (Å²) in [7, 11) is 0. The third kappa shape index (κ3) is 1.85. The van der Waals surface area contributed by atoms with Crippen molar-refractivity contribution in [2.24, 2.45) is 11.1 Å². The zero-order valence-corrected chi connectivity index (χ0v) is 8.18. The molecule has 0 amide bonds. The van der Waals surface area contributed by atoms with Gasteiger partial charge in [0.25, 0.3) is 0 Å². The van der Waals surface area contributed by atoms with Gasteiger partial charge in [-0.25, -0.2) is 4.98 Å². The highest BCUT2D eigenvalue weighted by Crippen LogP contribution is 2.28. The third-order valence-corrected chi connectivity index (χ3v) is 1.95. The summed E-state index contributed by atoms with van der Waals surface area (Å²) in [5, 5.41) is 0. The van der Waals surface area contributed by atoms with Gasteiger partial charge in [-0.2, -0.15) is 0 Å². The molecule has 1 aromatic rings. The minimum atomic E-state index is -0.0220. The molecule has 1 heterocycles. The zero-order valence-electron chi connectivity index (χ0n) is 8.18. The fourth-order valence-electron chi connectivity index (χ4n) is 1.00. The van der Waals surface area contributed by atoms with E-state index >= 15 is 0 Å². The SMILES string of the molecule is Cc1cnc([C@@H](N)C(C)(C)C)[nH]1. The van der Waals surface area contributed by atoms with E-state index < -0.39 is 0 Å². The molecule has 0 spiro atoms. The van der Waals surface area contributed by atoms with Crippen LogP contribution in [0.4, 0.5) is 0 Å². The quantitative estimate of drug-likeness (QED) is 0.669. The van der Waals surface area contributed by atoms with Gasteiger partial charge in [-0.15, -0.1) is 0 Å². The number of H-pyrrole nitrogens is 1. The molecule has 1 aromatic heterocycles. The molecule has 0 unspecified atom stereocenters. The van der Waals surface area contributed by atoms with Gasteiger partial charge in [-0.3, -0.25) is 0 Å². The smallest absolute Gasteiger partial charge is 0.123 e. The minimum Gasteiger partial charge on any atom is -0.345 e. The second-order valence-corrected chi connectivity index (χ2v) is 4.30. The zero-order chi connectivity index (χ0) is 9.35. The Morgan fingerprint density at radius 3 is 2.42 bits per heavy atom. The minimum absolute atomic E-state index is 0.0220. The lowest BCUT2D eigenvalue weighted by atomic mass is 9.87. The molecule has 68 valence electrons. The summed E-state index contributed by atoms with van der Waals surface area (Å²) in [6.07, 6.45) is 1.81. The van der Waals surface area contributed by atoms with E-state index in [4.69, 9.17) is 5.73 Å². The molecule has 12 heavy (non-hydrogen) atoms. The first-order valence-electron chi connectivity index (χ1n) is 4.18. The Morgan fingerprint density at radius 2 is 2.08 bits per heavy atom. The van der Waals surface area contributed by atoms with E-state index in [0.29, 0.717) is 0 Å². The van der Waals surface area contributed by atoms with Crippen LogP contribution in [0, 0.1) is 12.3 Å². The van der Waals surface area contributed by atoms with Crippen LogP contribution in [0.2, 0.25) is 0 Å². The number of nitrogens with one attached hydrogen (secondary N) is 1. The van der Waals surface area contributed by atoms with Crippen LogP contribution >= 0.6 is 0 Å². The predicted octanol–water partition coefficient (Wildman–Crippen LogP) is 1.76. The molecule has 0 aliphatic heterocycles. The van der Waals surface area contributed by atoms with Crippen LogP contribution in [0.1, 0.15) is 38.3 Å². The van der Waals surface area contributed by atoms with Gasteiger partial charge in [0.2, 0.25) is 0 Å². The Morgan fingerprint density at radius 1 is 1.50 bits per heavy atom. The number of hydrogen-bond donors (Lipinski definition) is 2. The maximum atomic E-state index is 5.99. The van der Waals surface area contributed by atoms with Crippen molar-refractivity contribution in [1.29, 1.82) is 0 Å². The number of aromatic nitrogens is 2. The van der Waals surface area contributed by atoms with Crippen molar-refractivity contribution in [3.8, 4) is 0 Å². The van der Waals surface area contributed by atoms with E-state index in [2.05, 4.69) is 30.7 Å². The normalized spacial score (nSPS) is 14.8. The summed E-state index contributed by atoms with van der Waals surface area (Å²) in [5.74, 6) is 0.875. The fraction of sp³-hybridized carbons (Fsp3) is 0.667. The topological polar surface area (TPSA) is 54.7 Å². The first-order valence-corrected chi connectivity index (χ1v) is 4.18. The van der Waals surface area contributed by atoms with E-state index in [1.54, 1.807) is 6.20 Å². The number of aromatic amines is 1. The molecule has 0 bridgehead atoms. The van der Waals surface area contributed by atoms with E-state index in [9.17, 15) is 0 Å². The molecule has 1 rings (SSSR count). The van der Waals surface area contributed by atoms with Gasteiger partial charge in [0.05, 0.1) is 6.04 Å². The first kappa shape index (κ1) is 9.26. The lowest BCUT2D eigenvalue weighted by Crippen LogP contribution is -2.27. The van der Waals surface area contributed by atoms with Crippen LogP contribution in [0.25, 0.3) is 0 Å². The number of rotatable bonds is 1. The fourth-order valence-corrected chi connectivity index (χ4v) is 1.00. The van der Waals surface area contributed by atoms with Crippen LogP contribution < -0.4 is 5.73 Å². The Labute approximate surface area is 73.4 Å². The number of nitrogens with two attached hydrogens (primary N) is 1. The van der Waals surface area contributed by atoms with Crippen LogP contribution in [-0.4, -0.2) is 9.97 Å². The summed E-state index contributed by atoms with van der Waals surface area (Å²) in [6.45, 7) is 8.30. The standard InChI is InChI=1S/C9H17N3/c1-6-5-11-8(12-6)7(10)9(2,3)4/h5,7H,10H2,1-4H3,(H,11,12)/t7-/m1/s1. The third-order valence-electron chi connectivity index (χ3n) is 1.95. The van der Waals surface area contributed by atoms with Crippen molar-refractivity contribution in [3.63, 3.8) is 0 Å². The largest absolute Gasteiger partial charge is 0.345 e. The Hall–Kier alpha value is -0.830. The highest BCUT2D eigenvalue weighted by molar-refractivity contribution is 5.04. The van der Waals surface area contributed by atoms with Crippen LogP contribution in [0.5, 0.6) is 0 Å². The summed E-state index contributed by atoms with van der Waals surface area (Å²) in [4.78, 5) is 7.35. The molecule has 0 aliphatic carbocycles. The number of hydrogen-bond acceptors (Lipinski definition) is 2. The van der Waals surface area contributed by atoms with Crippen molar-refractivity contribution < 1.29 is 0 Å². The van der Waals surface area contributed by atoms with Crippen LogP contribution in [0.15, 0.2) is 6.20 Å². The summed E-state index contributed by atoms with van der Waals surface area (Å²) < 4.78 is 0. The Kier molecular flexibility index (Phi) is 2.24. The molecule has 0 saturated heterocycles. The molecule has 0 aromatic carbocycles. The summed E-state index contributed by atoms with van der Waals surface area (Å²) >= 11 is 0. The van der Waals surface area contributed by atoms with E-state index in [0.717, 1.165) is 11.5 Å². The maximum absolute atomic E-state index is 5.99. The lowest BCUT2D eigenvalue weighted by Gasteiger charge is -2.24. The van der Waals surface area contributed by atoms with Crippen molar-refractivity contribution in [1.82, 2.24) is 9.97 Å². The molecule has 3 N–H and O–H groups in total. The van der Waals surface area contributed by atoms with E-state index in [1.807, 2.05) is 6.92 Å². The molecular weight excluding hydrogens is 150 g/mol. The van der Waals surface area contributed by atoms with Gasteiger partial charge in [0.1, 0.15) is 5.82 Å². The Balaban J connectivity index is 2.85. The first-order chi connectivity index (χ1) is 5.41. The van der Waals surface area contributed by atoms with Gasteiger partial charge in [0.15, 0.2) is 0 Å². The van der Waals surface area contributed by atoms with E-state index in [1.165, 1.54) is 0 Å². The highest BCUT2D eigenvalue weighted by Gasteiger charge is 2.24. The van der Waals surface area contributed by atoms with Gasteiger partial charge in [-0.05, 0) is 12.3 Å². The molecule has 1 atom stereocenters. The van der Waals surface area contributed by atoms with Gasteiger partial charge < -0.3 is 10.7 Å². The average molecular weight is 167 g/mol. The second kappa shape index (κ2) is 2.90. The van der Waals surface area contributed by atoms with Gasteiger partial charge in [-0.1, -0.05) is 20.8 Å². The molecule has 0 aliphatic rings. The van der Waals surface area contributed by atoms with Crippen LogP contribution in [0.3, 0.4) is 0 Å². The van der Waals surface area contributed by atoms with Gasteiger partial charge in [0, 0.05) is 11.9 Å². The van der Waals surface area contributed by atoms with Crippen molar-refractivity contribution in [2.45, 2.75) is 33.7 Å². The number of aryl methyl sites for hydroxylation is 1. The van der Waals surface area contributed by atoms with Crippen molar-refractivity contribution in [3.05, 3.63) is 17.7 Å². The lowest BCUT2D eigenvalue weighted by molar-refractivity contribution is 0.316. The molecule has 3 nitrogen and oxygen atoms in total. The molecule has 3 heteroatoms. The van der Waals surface area contributed by atoms with Crippen molar-refractivity contribution >= 4 is 0 Å². The molecule has 0 radical (unpaired) electrons. The van der Waals surface area contributed by atoms with E-state index in [-0.39, 0.29) is 11.5 Å². The number of imidazole rings is 1. The average Bonchev–Trinajstić information content (AvgIpc) is 2.32. The summed E-state index contributed by atoms with van der Waals surface area (Å²) in [5.41, 5.74) is 7.11. The number of nitrogens with zero attached hydrogens (tertiary/aromatic N) is 1. The molecule has 0 fully saturated rings. The summed E-state index contributed by atoms with van der Waals surface area (Å²) in [6, 6.07) is -0.0220. The maximum Gasteiger partial charge on any atom is 0.123 e. The molecular formula is C9H17N3. The monoisotopic (exact) mass is 167 g/mol. The molecule has 0 saturated carbocycles. The van der Waals surface area contributed by atoms with Gasteiger partial charge >= 0.3 is 0 Å². The predicted molar refractivity (Wildman–Crippen MR) is 49.7 cm³/mol. The van der Waals surface area contributed by atoms with Crippen molar-refractivity contribution in [2.75, 3.05) is 0 Å².